The first-order valence-electron chi connectivity index (χ1n) is 4.69. The third-order valence-electron chi connectivity index (χ3n) is 1.64. The number of carbonyl (C=O) groups excluding carboxylic acids is 1. The predicted molar refractivity (Wildman–Crippen MR) is 61.6 cm³/mol. The monoisotopic (exact) mass is 217 g/mol. The van der Waals surface area contributed by atoms with Crippen LogP contribution in [0.15, 0.2) is 12.2 Å². The zero-order chi connectivity index (χ0) is 11.0. The Kier molecular flexibility index (Phi) is 7.61. The van der Waals surface area contributed by atoms with Gasteiger partial charge < -0.3 is 10.1 Å². The molecule has 0 fully saturated rings. The standard InChI is InChI=1S/C10H19NO2S/c1-5-13-10(12)8(2)6-11-9(3)7-14-4/h9,11H,2,5-7H2,1,3-4H3. The van der Waals surface area contributed by atoms with Crippen LogP contribution in [0.5, 0.6) is 0 Å². The van der Waals surface area contributed by atoms with Crippen LogP contribution >= 0.6 is 11.8 Å². The fourth-order valence-corrected chi connectivity index (χ4v) is 1.53. The van der Waals surface area contributed by atoms with Crippen molar-refractivity contribution < 1.29 is 9.53 Å². The van der Waals surface area contributed by atoms with Crippen LogP contribution in [-0.2, 0) is 9.53 Å². The molecule has 3 nitrogen and oxygen atoms in total. The Morgan fingerprint density at radius 3 is 2.79 bits per heavy atom. The summed E-state index contributed by atoms with van der Waals surface area (Å²) < 4.78 is 4.81. The van der Waals surface area contributed by atoms with E-state index in [0.717, 1.165) is 5.75 Å². The van der Waals surface area contributed by atoms with Gasteiger partial charge in [-0.3, -0.25) is 0 Å². The summed E-state index contributed by atoms with van der Waals surface area (Å²) in [6, 6.07) is 0.385. The van der Waals surface area contributed by atoms with Gasteiger partial charge >= 0.3 is 5.97 Å². The van der Waals surface area contributed by atoms with Crippen molar-refractivity contribution in [1.29, 1.82) is 0 Å². The lowest BCUT2D eigenvalue weighted by Crippen LogP contribution is -2.31. The Morgan fingerprint density at radius 1 is 1.64 bits per heavy atom. The molecule has 0 spiro atoms. The molecular formula is C10H19NO2S. The molecule has 0 bridgehead atoms. The van der Waals surface area contributed by atoms with Crippen molar-refractivity contribution in [3.8, 4) is 0 Å². The van der Waals surface area contributed by atoms with Gasteiger partial charge in [0.15, 0.2) is 0 Å². The highest BCUT2D eigenvalue weighted by Crippen LogP contribution is 1.98. The van der Waals surface area contributed by atoms with Crippen LogP contribution in [0.1, 0.15) is 13.8 Å². The maximum Gasteiger partial charge on any atom is 0.334 e. The summed E-state index contributed by atoms with van der Waals surface area (Å²) >= 11 is 1.77. The average Bonchev–Trinajstić information content (AvgIpc) is 2.15. The Labute approximate surface area is 90.3 Å². The summed E-state index contributed by atoms with van der Waals surface area (Å²) in [5.74, 6) is 0.715. The Hall–Kier alpha value is -0.480. The zero-order valence-corrected chi connectivity index (χ0v) is 9.95. The highest BCUT2D eigenvalue weighted by Gasteiger charge is 2.08. The van der Waals surface area contributed by atoms with Crippen LogP contribution < -0.4 is 5.32 Å². The topological polar surface area (TPSA) is 38.3 Å². The minimum absolute atomic E-state index is 0.309. The van der Waals surface area contributed by atoms with Crippen molar-refractivity contribution in [3.05, 3.63) is 12.2 Å². The molecule has 0 aliphatic rings. The fraction of sp³-hybridized carbons (Fsp3) is 0.700. The van der Waals surface area contributed by atoms with Crippen LogP contribution in [0.25, 0.3) is 0 Å². The molecule has 4 heteroatoms. The molecule has 0 rings (SSSR count). The van der Waals surface area contributed by atoms with E-state index < -0.39 is 0 Å². The van der Waals surface area contributed by atoms with Gasteiger partial charge in [-0.25, -0.2) is 4.79 Å². The number of hydrogen-bond donors (Lipinski definition) is 1. The van der Waals surface area contributed by atoms with Gasteiger partial charge in [-0.15, -0.1) is 0 Å². The van der Waals surface area contributed by atoms with Crippen LogP contribution in [0.2, 0.25) is 0 Å². The van der Waals surface area contributed by atoms with E-state index in [9.17, 15) is 4.79 Å². The quantitative estimate of drug-likeness (QED) is 0.517. The molecule has 0 radical (unpaired) electrons. The Morgan fingerprint density at radius 2 is 2.29 bits per heavy atom. The maximum atomic E-state index is 11.1. The highest BCUT2D eigenvalue weighted by molar-refractivity contribution is 7.98. The first-order valence-corrected chi connectivity index (χ1v) is 6.08. The predicted octanol–water partition coefficient (Wildman–Crippen LogP) is 1.45. The molecule has 82 valence electrons. The van der Waals surface area contributed by atoms with Gasteiger partial charge in [-0.1, -0.05) is 6.58 Å². The van der Waals surface area contributed by atoms with Gasteiger partial charge in [-0.05, 0) is 20.1 Å². The number of carbonyl (C=O) groups is 1. The number of nitrogens with one attached hydrogen (secondary N) is 1. The maximum absolute atomic E-state index is 11.1. The second-order valence-corrected chi connectivity index (χ2v) is 3.97. The molecular weight excluding hydrogens is 198 g/mol. The van der Waals surface area contributed by atoms with Crippen molar-refractivity contribution in [2.45, 2.75) is 19.9 Å². The van der Waals surface area contributed by atoms with Crippen molar-refractivity contribution in [2.75, 3.05) is 25.2 Å². The van der Waals surface area contributed by atoms with Crippen molar-refractivity contribution in [1.82, 2.24) is 5.32 Å². The number of thioether (sulfide) groups is 1. The third kappa shape index (κ3) is 6.05. The van der Waals surface area contributed by atoms with Crippen molar-refractivity contribution in [2.24, 2.45) is 0 Å². The van der Waals surface area contributed by atoms with Crippen LogP contribution in [0.4, 0.5) is 0 Å². The lowest BCUT2D eigenvalue weighted by atomic mass is 10.3. The minimum Gasteiger partial charge on any atom is -0.463 e. The second kappa shape index (κ2) is 7.88. The van der Waals surface area contributed by atoms with Gasteiger partial charge in [0.1, 0.15) is 0 Å². The summed E-state index contributed by atoms with van der Waals surface area (Å²) in [7, 11) is 0. The summed E-state index contributed by atoms with van der Waals surface area (Å²) in [4.78, 5) is 11.1. The lowest BCUT2D eigenvalue weighted by Gasteiger charge is -2.12. The second-order valence-electron chi connectivity index (χ2n) is 3.06. The smallest absolute Gasteiger partial charge is 0.334 e. The molecule has 14 heavy (non-hydrogen) atoms. The van der Waals surface area contributed by atoms with E-state index in [2.05, 4.69) is 25.1 Å². The van der Waals surface area contributed by atoms with Gasteiger partial charge in [0.2, 0.25) is 0 Å². The summed E-state index contributed by atoms with van der Waals surface area (Å²) in [6.07, 6.45) is 2.05. The van der Waals surface area contributed by atoms with Gasteiger partial charge in [-0.2, -0.15) is 11.8 Å². The molecule has 0 saturated carbocycles. The van der Waals surface area contributed by atoms with Crippen LogP contribution in [0, 0.1) is 0 Å². The van der Waals surface area contributed by atoms with Gasteiger partial charge in [0.05, 0.1) is 6.61 Å². The van der Waals surface area contributed by atoms with E-state index in [-0.39, 0.29) is 5.97 Å². The highest BCUT2D eigenvalue weighted by atomic mass is 32.2. The number of hydrogen-bond acceptors (Lipinski definition) is 4. The first-order chi connectivity index (χ1) is 6.61. The zero-order valence-electron chi connectivity index (χ0n) is 9.13. The summed E-state index contributed by atoms with van der Waals surface area (Å²) in [6.45, 7) is 8.43. The van der Waals surface area contributed by atoms with E-state index in [1.165, 1.54) is 0 Å². The Balaban J connectivity index is 3.67. The van der Waals surface area contributed by atoms with Crippen molar-refractivity contribution >= 4 is 17.7 Å². The molecule has 0 aliphatic carbocycles. The van der Waals surface area contributed by atoms with E-state index in [4.69, 9.17) is 4.74 Å². The van der Waals surface area contributed by atoms with Crippen molar-refractivity contribution in [3.63, 3.8) is 0 Å². The number of rotatable bonds is 7. The fourth-order valence-electron chi connectivity index (χ4n) is 0.912. The van der Waals surface area contributed by atoms with E-state index in [0.29, 0.717) is 24.8 Å². The molecule has 0 heterocycles. The summed E-state index contributed by atoms with van der Waals surface area (Å²) in [5, 5.41) is 3.20. The Bertz CT molecular complexity index is 195. The number of esters is 1. The minimum atomic E-state index is -0.309. The normalized spacial score (nSPS) is 12.2. The third-order valence-corrected chi connectivity index (χ3v) is 2.48. The molecule has 1 N–H and O–H groups in total. The van der Waals surface area contributed by atoms with E-state index in [1.807, 2.05) is 0 Å². The molecule has 1 unspecified atom stereocenters. The largest absolute Gasteiger partial charge is 0.463 e. The lowest BCUT2D eigenvalue weighted by molar-refractivity contribution is -0.138. The van der Waals surface area contributed by atoms with E-state index in [1.54, 1.807) is 18.7 Å². The first kappa shape index (κ1) is 13.5. The molecule has 1 atom stereocenters. The molecule has 0 aromatic heterocycles. The van der Waals surface area contributed by atoms with Crippen LogP contribution in [-0.4, -0.2) is 37.2 Å². The molecule has 0 amide bonds. The molecule has 0 aromatic carbocycles. The van der Waals surface area contributed by atoms with Crippen LogP contribution in [0.3, 0.4) is 0 Å². The average molecular weight is 217 g/mol. The SMILES string of the molecule is C=C(CNC(C)CSC)C(=O)OCC. The van der Waals surface area contributed by atoms with Gasteiger partial charge in [0.25, 0.3) is 0 Å². The number of ether oxygens (including phenoxy) is 1. The molecule has 0 aromatic rings. The molecule has 0 aliphatic heterocycles. The van der Waals surface area contributed by atoms with Gasteiger partial charge in [0, 0.05) is 23.9 Å². The molecule has 0 saturated heterocycles. The van der Waals surface area contributed by atoms with E-state index >= 15 is 0 Å². The summed E-state index contributed by atoms with van der Waals surface area (Å²) in [5.41, 5.74) is 0.486.